The van der Waals surface area contributed by atoms with E-state index in [9.17, 15) is 5.11 Å². The van der Waals surface area contributed by atoms with Crippen LogP contribution in [-0.4, -0.2) is 46.1 Å². The third kappa shape index (κ3) is 3.96. The van der Waals surface area contributed by atoms with E-state index in [0.29, 0.717) is 6.04 Å². The molecule has 1 saturated heterocycles. The summed E-state index contributed by atoms with van der Waals surface area (Å²) in [5.74, 6) is 0. The Morgan fingerprint density at radius 1 is 1.20 bits per heavy atom. The molecule has 30 heavy (non-hydrogen) atoms. The third-order valence-electron chi connectivity index (χ3n) is 6.72. The molecular formula is C25H32N4O. The van der Waals surface area contributed by atoms with Crippen LogP contribution in [0.2, 0.25) is 0 Å². The van der Waals surface area contributed by atoms with E-state index in [4.69, 9.17) is 4.99 Å². The minimum absolute atomic E-state index is 0.0772. The number of likely N-dealkylation sites (tertiary alicyclic amines) is 1. The second-order valence-corrected chi connectivity index (χ2v) is 8.96. The Morgan fingerprint density at radius 3 is 2.97 bits per heavy atom. The molecule has 2 aromatic rings. The van der Waals surface area contributed by atoms with E-state index < -0.39 is 0 Å². The number of nitrogens with one attached hydrogen (secondary N) is 2. The second kappa shape index (κ2) is 8.40. The number of rotatable bonds is 5. The maximum atomic E-state index is 9.59. The molecule has 0 spiro atoms. The number of aliphatic hydroxyl groups excluding tert-OH is 1. The topological polar surface area (TPSA) is 63.7 Å². The quantitative estimate of drug-likeness (QED) is 0.653. The predicted octanol–water partition coefficient (Wildman–Crippen LogP) is 4.25. The molecule has 1 aliphatic carbocycles. The number of nitrogens with zero attached hydrogens (tertiary/aromatic N) is 2. The molecule has 3 heterocycles. The Labute approximate surface area is 178 Å². The van der Waals surface area contributed by atoms with Gasteiger partial charge in [0.1, 0.15) is 6.17 Å². The molecule has 3 aliphatic rings. The number of aromatic amines is 1. The molecule has 0 bridgehead atoms. The summed E-state index contributed by atoms with van der Waals surface area (Å²) >= 11 is 0. The number of H-pyrrole nitrogens is 1. The fourth-order valence-electron chi connectivity index (χ4n) is 5.08. The minimum Gasteiger partial charge on any atom is -0.395 e. The first-order chi connectivity index (χ1) is 14.7. The van der Waals surface area contributed by atoms with Gasteiger partial charge in [-0.1, -0.05) is 12.1 Å². The largest absolute Gasteiger partial charge is 0.395 e. The number of hydrogen-bond acceptors (Lipinski definition) is 4. The van der Waals surface area contributed by atoms with Gasteiger partial charge in [0.25, 0.3) is 0 Å². The van der Waals surface area contributed by atoms with Gasteiger partial charge < -0.3 is 15.4 Å². The van der Waals surface area contributed by atoms with Crippen molar-refractivity contribution in [3.8, 4) is 0 Å². The Morgan fingerprint density at radius 2 is 2.13 bits per heavy atom. The van der Waals surface area contributed by atoms with E-state index in [2.05, 4.69) is 58.5 Å². The number of hydrogen-bond donors (Lipinski definition) is 3. The van der Waals surface area contributed by atoms with Gasteiger partial charge in [-0.15, -0.1) is 0 Å². The summed E-state index contributed by atoms with van der Waals surface area (Å²) in [7, 11) is 0. The Hall–Kier alpha value is -2.37. The minimum atomic E-state index is 0.0772. The van der Waals surface area contributed by atoms with Gasteiger partial charge in [-0.3, -0.25) is 9.89 Å². The van der Waals surface area contributed by atoms with Crippen LogP contribution in [0.4, 0.5) is 0 Å². The van der Waals surface area contributed by atoms with Crippen LogP contribution in [0, 0.1) is 0 Å². The standard InChI is InChI=1S/C25H32N4O/c1-17-12-24(28-25(26-17)18-6-3-2-4-7-18)19-9-10-23-20(13-19)14-21(27-23)15-29-11-5-8-22(29)16-30/h6,9-10,12-14,22,25-27,30H,2-5,7-8,11,15-16H2,1H3/t22-,25?/m1/s1. The Balaban J connectivity index is 1.40. The maximum Gasteiger partial charge on any atom is 0.141 e. The lowest BCUT2D eigenvalue weighted by Crippen LogP contribution is -2.33. The van der Waals surface area contributed by atoms with E-state index in [1.807, 2.05) is 0 Å². The van der Waals surface area contributed by atoms with Crippen molar-refractivity contribution in [2.45, 2.75) is 64.2 Å². The summed E-state index contributed by atoms with van der Waals surface area (Å²) in [6.45, 7) is 4.32. The van der Waals surface area contributed by atoms with E-state index in [-0.39, 0.29) is 12.8 Å². The number of aliphatic hydroxyl groups is 1. The number of aromatic nitrogens is 1. The first kappa shape index (κ1) is 19.6. The van der Waals surface area contributed by atoms with E-state index >= 15 is 0 Å². The summed E-state index contributed by atoms with van der Waals surface area (Å²) < 4.78 is 0. The predicted molar refractivity (Wildman–Crippen MR) is 123 cm³/mol. The van der Waals surface area contributed by atoms with Crippen molar-refractivity contribution >= 4 is 16.6 Å². The highest BCUT2D eigenvalue weighted by atomic mass is 16.3. The van der Waals surface area contributed by atoms with Gasteiger partial charge in [-0.05, 0) is 81.8 Å². The monoisotopic (exact) mass is 404 g/mol. The van der Waals surface area contributed by atoms with Gasteiger partial charge >= 0.3 is 0 Å². The summed E-state index contributed by atoms with van der Waals surface area (Å²) in [6.07, 6.45) is 11.8. The third-order valence-corrected chi connectivity index (χ3v) is 6.72. The molecule has 2 atom stereocenters. The number of aliphatic imine (C=N–C) groups is 1. The molecule has 1 aromatic carbocycles. The molecular weight excluding hydrogens is 372 g/mol. The molecule has 1 fully saturated rings. The lowest BCUT2D eigenvalue weighted by Gasteiger charge is -2.26. The molecule has 158 valence electrons. The van der Waals surface area contributed by atoms with Crippen LogP contribution < -0.4 is 5.32 Å². The lowest BCUT2D eigenvalue weighted by atomic mass is 9.96. The van der Waals surface area contributed by atoms with Crippen molar-refractivity contribution in [1.82, 2.24) is 15.2 Å². The van der Waals surface area contributed by atoms with E-state index in [1.54, 1.807) is 0 Å². The highest BCUT2D eigenvalue weighted by molar-refractivity contribution is 6.11. The van der Waals surface area contributed by atoms with Gasteiger partial charge in [0.15, 0.2) is 0 Å². The summed E-state index contributed by atoms with van der Waals surface area (Å²) in [6, 6.07) is 9.16. The van der Waals surface area contributed by atoms with Crippen LogP contribution in [0.3, 0.4) is 0 Å². The van der Waals surface area contributed by atoms with Gasteiger partial charge in [0, 0.05) is 40.4 Å². The number of allylic oxidation sites excluding steroid dienone is 3. The molecule has 0 saturated carbocycles. The maximum absolute atomic E-state index is 9.59. The average molecular weight is 405 g/mol. The van der Waals surface area contributed by atoms with Crippen LogP contribution in [0.1, 0.15) is 56.7 Å². The first-order valence-corrected chi connectivity index (χ1v) is 11.4. The highest BCUT2D eigenvalue weighted by Gasteiger charge is 2.24. The smallest absolute Gasteiger partial charge is 0.141 e. The zero-order valence-corrected chi connectivity index (χ0v) is 17.8. The van der Waals surface area contributed by atoms with Crippen molar-refractivity contribution in [3.05, 3.63) is 58.9 Å². The molecule has 5 rings (SSSR count). The lowest BCUT2D eigenvalue weighted by molar-refractivity contribution is 0.152. The molecule has 1 aromatic heterocycles. The number of fused-ring (bicyclic) bond motifs is 1. The molecule has 0 radical (unpaired) electrons. The average Bonchev–Trinajstić information content (AvgIpc) is 3.39. The molecule has 1 unspecified atom stereocenters. The van der Waals surface area contributed by atoms with Crippen molar-refractivity contribution in [2.24, 2.45) is 4.99 Å². The summed E-state index contributed by atoms with van der Waals surface area (Å²) in [5.41, 5.74) is 7.22. The van der Waals surface area contributed by atoms with Crippen LogP contribution in [0.15, 0.2) is 52.7 Å². The first-order valence-electron chi connectivity index (χ1n) is 11.4. The van der Waals surface area contributed by atoms with E-state index in [0.717, 1.165) is 37.2 Å². The van der Waals surface area contributed by atoms with Crippen molar-refractivity contribution < 1.29 is 5.11 Å². The highest BCUT2D eigenvalue weighted by Crippen LogP contribution is 2.26. The van der Waals surface area contributed by atoms with Gasteiger partial charge in [-0.25, -0.2) is 0 Å². The zero-order chi connectivity index (χ0) is 20.5. The normalized spacial score (nSPS) is 25.1. The second-order valence-electron chi connectivity index (χ2n) is 8.96. The Bertz CT molecular complexity index is 1020. The Kier molecular flexibility index (Phi) is 5.48. The van der Waals surface area contributed by atoms with Crippen LogP contribution >= 0.6 is 0 Å². The van der Waals surface area contributed by atoms with Crippen LogP contribution in [-0.2, 0) is 6.54 Å². The zero-order valence-electron chi connectivity index (χ0n) is 17.8. The van der Waals surface area contributed by atoms with Crippen LogP contribution in [0.5, 0.6) is 0 Å². The van der Waals surface area contributed by atoms with Crippen LogP contribution in [0.25, 0.3) is 10.9 Å². The van der Waals surface area contributed by atoms with Gasteiger partial charge in [0.05, 0.1) is 12.3 Å². The molecule has 2 aliphatic heterocycles. The molecule has 5 nitrogen and oxygen atoms in total. The summed E-state index contributed by atoms with van der Waals surface area (Å²) in [4.78, 5) is 11.0. The van der Waals surface area contributed by atoms with Crippen molar-refractivity contribution in [3.63, 3.8) is 0 Å². The van der Waals surface area contributed by atoms with Gasteiger partial charge in [0.2, 0.25) is 0 Å². The van der Waals surface area contributed by atoms with Crippen molar-refractivity contribution in [2.75, 3.05) is 13.2 Å². The van der Waals surface area contributed by atoms with Crippen molar-refractivity contribution in [1.29, 1.82) is 0 Å². The molecule has 5 heteroatoms. The molecule has 0 amide bonds. The molecule has 3 N–H and O–H groups in total. The SMILES string of the molecule is CC1=CC(c2ccc3[nH]c(CN4CCC[C@@H]4CO)cc3c2)=NC(C2=CCCCC2)N1. The fraction of sp³-hybridized carbons (Fsp3) is 0.480. The van der Waals surface area contributed by atoms with E-state index in [1.165, 1.54) is 53.6 Å². The fourth-order valence-corrected chi connectivity index (χ4v) is 5.08. The number of benzene rings is 1. The van der Waals surface area contributed by atoms with Gasteiger partial charge in [-0.2, -0.15) is 0 Å². The summed E-state index contributed by atoms with van der Waals surface area (Å²) in [5, 5.41) is 14.4.